The minimum Gasteiger partial charge on any atom is -0.374 e. The Kier molecular flexibility index (Phi) is 4.63. The Labute approximate surface area is 128 Å². The molecule has 116 valence electrons. The van der Waals surface area contributed by atoms with Crippen LogP contribution < -0.4 is 11.3 Å². The number of nitrogens with two attached hydrogens (primary N) is 1. The lowest BCUT2D eigenvalue weighted by atomic mass is 9.77. The second-order valence-electron chi connectivity index (χ2n) is 6.62. The summed E-state index contributed by atoms with van der Waals surface area (Å²) in [7, 11) is 0. The zero-order valence-electron chi connectivity index (χ0n) is 13.1. The van der Waals surface area contributed by atoms with Crippen molar-refractivity contribution in [1.82, 2.24) is 5.43 Å². The third kappa shape index (κ3) is 3.01. The largest absolute Gasteiger partial charge is 0.374 e. The van der Waals surface area contributed by atoms with Crippen molar-refractivity contribution >= 4 is 0 Å². The van der Waals surface area contributed by atoms with E-state index < -0.39 is 0 Å². The Morgan fingerprint density at radius 3 is 2.57 bits per heavy atom. The van der Waals surface area contributed by atoms with Gasteiger partial charge in [0.2, 0.25) is 0 Å². The van der Waals surface area contributed by atoms with Gasteiger partial charge in [-0.2, -0.15) is 0 Å². The molecule has 3 rings (SSSR count). The SMILES string of the molecule is CCOC1(C(NN)C2CC2c2ccccc2)CCCCC1. The highest BCUT2D eigenvalue weighted by Gasteiger charge is 2.53. The molecule has 1 aromatic carbocycles. The second kappa shape index (κ2) is 6.47. The first-order valence-corrected chi connectivity index (χ1v) is 8.46. The summed E-state index contributed by atoms with van der Waals surface area (Å²) in [4.78, 5) is 0. The van der Waals surface area contributed by atoms with Gasteiger partial charge in [-0.25, -0.2) is 0 Å². The number of benzene rings is 1. The molecule has 2 saturated carbocycles. The van der Waals surface area contributed by atoms with E-state index in [1.807, 2.05) is 0 Å². The van der Waals surface area contributed by atoms with E-state index in [1.165, 1.54) is 31.2 Å². The van der Waals surface area contributed by atoms with Crippen LogP contribution in [0.4, 0.5) is 0 Å². The van der Waals surface area contributed by atoms with Crippen LogP contribution in [-0.4, -0.2) is 18.2 Å². The third-order valence-corrected chi connectivity index (χ3v) is 5.37. The van der Waals surface area contributed by atoms with Crippen molar-refractivity contribution in [1.29, 1.82) is 0 Å². The fourth-order valence-corrected chi connectivity index (χ4v) is 4.31. The maximum Gasteiger partial charge on any atom is 0.0850 e. The molecular formula is C18H28N2O. The van der Waals surface area contributed by atoms with E-state index in [0.717, 1.165) is 19.4 Å². The van der Waals surface area contributed by atoms with E-state index in [0.29, 0.717) is 11.8 Å². The number of hydrogen-bond donors (Lipinski definition) is 2. The standard InChI is InChI=1S/C18H28N2O/c1-2-21-18(11-7-4-8-12-18)17(20-19)16-13-15(16)14-9-5-3-6-10-14/h3,5-6,9-10,15-17,20H,2,4,7-8,11-13,19H2,1H3. The molecule has 0 saturated heterocycles. The molecule has 0 aliphatic heterocycles. The molecule has 0 radical (unpaired) electrons. The quantitative estimate of drug-likeness (QED) is 0.623. The summed E-state index contributed by atoms with van der Waals surface area (Å²) in [5.74, 6) is 7.23. The van der Waals surface area contributed by atoms with Gasteiger partial charge in [0.05, 0.1) is 11.6 Å². The maximum absolute atomic E-state index is 6.27. The Morgan fingerprint density at radius 2 is 1.95 bits per heavy atom. The molecule has 3 heteroatoms. The molecule has 1 aromatic rings. The Balaban J connectivity index is 1.75. The van der Waals surface area contributed by atoms with E-state index in [4.69, 9.17) is 10.6 Å². The smallest absolute Gasteiger partial charge is 0.0850 e. The molecule has 0 bridgehead atoms. The zero-order valence-corrected chi connectivity index (χ0v) is 13.1. The van der Waals surface area contributed by atoms with E-state index in [2.05, 4.69) is 42.7 Å². The van der Waals surface area contributed by atoms with Gasteiger partial charge < -0.3 is 4.74 Å². The van der Waals surface area contributed by atoms with Gasteiger partial charge >= 0.3 is 0 Å². The molecule has 3 N–H and O–H groups in total. The lowest BCUT2D eigenvalue weighted by Crippen LogP contribution is -2.57. The summed E-state index contributed by atoms with van der Waals surface area (Å²) in [5, 5.41) is 0. The van der Waals surface area contributed by atoms with E-state index in [1.54, 1.807) is 0 Å². The van der Waals surface area contributed by atoms with Crippen LogP contribution in [0.15, 0.2) is 30.3 Å². The third-order valence-electron chi connectivity index (χ3n) is 5.37. The van der Waals surface area contributed by atoms with Crippen LogP contribution in [-0.2, 0) is 4.74 Å². The van der Waals surface area contributed by atoms with Crippen molar-refractivity contribution in [3.05, 3.63) is 35.9 Å². The van der Waals surface area contributed by atoms with Crippen molar-refractivity contribution in [2.75, 3.05) is 6.61 Å². The van der Waals surface area contributed by atoms with Crippen LogP contribution in [0.1, 0.15) is 56.9 Å². The minimum atomic E-state index is -0.0457. The molecule has 2 aliphatic rings. The summed E-state index contributed by atoms with van der Waals surface area (Å²) >= 11 is 0. The molecule has 2 fully saturated rings. The Morgan fingerprint density at radius 1 is 1.24 bits per heavy atom. The maximum atomic E-state index is 6.27. The fraction of sp³-hybridized carbons (Fsp3) is 0.667. The van der Waals surface area contributed by atoms with Gasteiger partial charge in [-0.3, -0.25) is 11.3 Å². The highest BCUT2D eigenvalue weighted by Crippen LogP contribution is 2.53. The lowest BCUT2D eigenvalue weighted by molar-refractivity contribution is -0.0951. The Bertz CT molecular complexity index is 436. The average molecular weight is 288 g/mol. The summed E-state index contributed by atoms with van der Waals surface area (Å²) in [6, 6.07) is 11.1. The summed E-state index contributed by atoms with van der Waals surface area (Å²) < 4.78 is 6.27. The van der Waals surface area contributed by atoms with Crippen LogP contribution in [0.3, 0.4) is 0 Å². The highest BCUT2D eigenvalue weighted by atomic mass is 16.5. The van der Waals surface area contributed by atoms with Crippen molar-refractivity contribution in [2.45, 2.75) is 63.0 Å². The zero-order chi connectivity index (χ0) is 14.7. The number of ether oxygens (including phenoxy) is 1. The van der Waals surface area contributed by atoms with E-state index in [9.17, 15) is 0 Å². The van der Waals surface area contributed by atoms with Crippen LogP contribution in [0.25, 0.3) is 0 Å². The van der Waals surface area contributed by atoms with Crippen molar-refractivity contribution in [2.24, 2.45) is 11.8 Å². The number of rotatable bonds is 6. The van der Waals surface area contributed by atoms with Crippen LogP contribution in [0.2, 0.25) is 0 Å². The molecule has 3 nitrogen and oxygen atoms in total. The average Bonchev–Trinajstić information content (AvgIpc) is 3.30. The molecule has 21 heavy (non-hydrogen) atoms. The van der Waals surface area contributed by atoms with Crippen molar-refractivity contribution < 1.29 is 4.74 Å². The molecule has 0 aromatic heterocycles. The monoisotopic (exact) mass is 288 g/mol. The summed E-state index contributed by atoms with van der Waals surface area (Å²) in [5.41, 5.74) is 4.54. The molecular weight excluding hydrogens is 260 g/mol. The Hall–Kier alpha value is -0.900. The topological polar surface area (TPSA) is 47.3 Å². The van der Waals surface area contributed by atoms with Gasteiger partial charge in [0, 0.05) is 6.61 Å². The van der Waals surface area contributed by atoms with Gasteiger partial charge in [0.1, 0.15) is 0 Å². The van der Waals surface area contributed by atoms with Gasteiger partial charge in [-0.15, -0.1) is 0 Å². The van der Waals surface area contributed by atoms with E-state index in [-0.39, 0.29) is 11.6 Å². The predicted octanol–water partition coefficient (Wildman–Crippen LogP) is 3.36. The fourth-order valence-electron chi connectivity index (χ4n) is 4.31. The molecule has 3 atom stereocenters. The molecule has 0 heterocycles. The van der Waals surface area contributed by atoms with Gasteiger partial charge in [-0.1, -0.05) is 49.6 Å². The lowest BCUT2D eigenvalue weighted by Gasteiger charge is -2.43. The molecule has 2 aliphatic carbocycles. The summed E-state index contributed by atoms with van der Waals surface area (Å²) in [6.45, 7) is 2.88. The van der Waals surface area contributed by atoms with Crippen molar-refractivity contribution in [3.8, 4) is 0 Å². The molecule has 3 unspecified atom stereocenters. The van der Waals surface area contributed by atoms with Crippen molar-refractivity contribution in [3.63, 3.8) is 0 Å². The minimum absolute atomic E-state index is 0.0457. The highest BCUT2D eigenvalue weighted by molar-refractivity contribution is 5.27. The van der Waals surface area contributed by atoms with Gasteiger partial charge in [0.15, 0.2) is 0 Å². The number of nitrogens with one attached hydrogen (secondary N) is 1. The van der Waals surface area contributed by atoms with Gasteiger partial charge in [-0.05, 0) is 43.6 Å². The second-order valence-corrected chi connectivity index (χ2v) is 6.62. The number of hydrogen-bond acceptors (Lipinski definition) is 3. The predicted molar refractivity (Wildman–Crippen MR) is 85.8 cm³/mol. The van der Waals surface area contributed by atoms with E-state index >= 15 is 0 Å². The molecule has 0 spiro atoms. The first-order chi connectivity index (χ1) is 10.3. The van der Waals surface area contributed by atoms with Crippen LogP contribution in [0.5, 0.6) is 0 Å². The number of hydrazine groups is 1. The first-order valence-electron chi connectivity index (χ1n) is 8.46. The van der Waals surface area contributed by atoms with Gasteiger partial charge in [0.25, 0.3) is 0 Å². The molecule has 0 amide bonds. The first kappa shape index (κ1) is 15.0. The van der Waals surface area contributed by atoms with Crippen LogP contribution in [0, 0.1) is 5.92 Å². The normalized spacial score (nSPS) is 29.0. The summed E-state index contributed by atoms with van der Waals surface area (Å²) in [6.07, 6.45) is 7.38. The van der Waals surface area contributed by atoms with Crippen LogP contribution >= 0.6 is 0 Å².